The Morgan fingerprint density at radius 2 is 1.95 bits per heavy atom. The van der Waals surface area contributed by atoms with Crippen molar-refractivity contribution in [2.75, 3.05) is 52.1 Å². The number of likely N-dealkylation sites (N-methyl/N-ethyl adjacent to an activating group) is 1. The summed E-state index contributed by atoms with van der Waals surface area (Å²) in [6, 6.07) is 1.01. The first kappa shape index (κ1) is 29.1. The largest absolute Gasteiger partial charge is 0.378 e. The molecule has 38 heavy (non-hydrogen) atoms. The molecule has 0 aromatic carbocycles. The fourth-order valence-electron chi connectivity index (χ4n) is 6.15. The predicted molar refractivity (Wildman–Crippen MR) is 163 cm³/mol. The third kappa shape index (κ3) is 7.59. The van der Waals surface area contributed by atoms with E-state index in [0.29, 0.717) is 11.9 Å². The van der Waals surface area contributed by atoms with Crippen molar-refractivity contribution in [3.05, 3.63) is 30.5 Å². The molecule has 0 spiro atoms. The molecule has 0 saturated carbocycles. The summed E-state index contributed by atoms with van der Waals surface area (Å²) in [6.07, 6.45) is 13.2. The van der Waals surface area contributed by atoms with Crippen LogP contribution in [0.4, 0.5) is 5.95 Å². The van der Waals surface area contributed by atoms with Crippen LogP contribution in [0, 0.1) is 12.8 Å². The van der Waals surface area contributed by atoms with Crippen molar-refractivity contribution in [2.45, 2.75) is 89.5 Å². The van der Waals surface area contributed by atoms with E-state index in [9.17, 15) is 0 Å². The van der Waals surface area contributed by atoms with Gasteiger partial charge in [-0.25, -0.2) is 9.97 Å². The summed E-state index contributed by atoms with van der Waals surface area (Å²) >= 11 is 1.90. The Balaban J connectivity index is 1.59. The highest BCUT2D eigenvalue weighted by molar-refractivity contribution is 8.14. The molecule has 7 nitrogen and oxygen atoms in total. The molecule has 0 bridgehead atoms. The molecule has 2 N–H and O–H groups in total. The van der Waals surface area contributed by atoms with Gasteiger partial charge in [-0.15, -0.1) is 0 Å². The van der Waals surface area contributed by atoms with Gasteiger partial charge in [0.05, 0.1) is 38.8 Å². The number of anilines is 1. The maximum Gasteiger partial charge on any atom is 0.313 e. The number of aromatic nitrogens is 2. The number of thioether (sulfide) groups is 1. The van der Waals surface area contributed by atoms with Crippen LogP contribution < -0.4 is 10.6 Å². The first-order chi connectivity index (χ1) is 18.1. The minimum Gasteiger partial charge on any atom is -0.378 e. The highest BCUT2D eigenvalue weighted by atomic mass is 32.2. The molecule has 4 heterocycles. The molecular weight excluding hydrogens is 490 g/mol. The number of nitrogens with zero attached hydrogens (tertiary/aromatic N) is 5. The zero-order valence-corrected chi connectivity index (χ0v) is 25.5. The topological polar surface area (TPSA) is 59.3 Å². The molecule has 3 unspecified atom stereocenters. The second-order valence-corrected chi connectivity index (χ2v) is 13.8. The van der Waals surface area contributed by atoms with E-state index in [1.165, 1.54) is 56.8 Å². The second kappa shape index (κ2) is 12.9. The molecule has 4 rings (SSSR count). The third-order valence-electron chi connectivity index (χ3n) is 7.91. The molecule has 8 heteroatoms. The third-order valence-corrected chi connectivity index (χ3v) is 9.25. The molecule has 0 radical (unpaired) electrons. The number of likely N-dealkylation sites (tertiary alicyclic amines) is 2. The van der Waals surface area contributed by atoms with E-state index >= 15 is 0 Å². The SMILES string of the molecule is [CH2+]C1(C)C=C(c2cnc(NC)nc2CC(C)C)NC(C)C[N+](C)=C(N2CCCC(N3CCCCC3)CC2)S1. The van der Waals surface area contributed by atoms with Crippen molar-refractivity contribution in [1.29, 1.82) is 0 Å². The Bertz CT molecular complexity index is 996. The van der Waals surface area contributed by atoms with Crippen molar-refractivity contribution in [1.82, 2.24) is 25.1 Å². The maximum atomic E-state index is 4.86. The van der Waals surface area contributed by atoms with Gasteiger partial charge in [-0.2, -0.15) is 0 Å². The summed E-state index contributed by atoms with van der Waals surface area (Å²) in [4.78, 5) is 14.9. The minimum atomic E-state index is -0.342. The standard InChI is InChI=1S/C30H51N7S/c1-22(2)18-26-25(20-32-28(31-6)34-26)27-19-30(4,5)38-29(35(7)21-23(3)33-27)37-16-11-12-24(13-17-37)36-14-9-8-10-15-36/h19-20,22-24,33H,4,8-18,21H2,1-3,5-7H3,(H,31,32,34)/q+2. The molecular formula is C30H51N7S+2. The number of piperidine rings is 1. The summed E-state index contributed by atoms with van der Waals surface area (Å²) in [5.74, 6) is 1.18. The molecule has 1 aromatic rings. The predicted octanol–water partition coefficient (Wildman–Crippen LogP) is 4.71. The summed E-state index contributed by atoms with van der Waals surface area (Å²) < 4.78 is 2.12. The average molecular weight is 542 g/mol. The van der Waals surface area contributed by atoms with E-state index in [2.05, 4.69) is 70.8 Å². The highest BCUT2D eigenvalue weighted by Crippen LogP contribution is 2.34. The van der Waals surface area contributed by atoms with E-state index in [4.69, 9.17) is 11.9 Å². The van der Waals surface area contributed by atoms with Gasteiger partial charge in [-0.05, 0) is 65.0 Å². The Morgan fingerprint density at radius 3 is 2.66 bits per heavy atom. The number of nitrogens with one attached hydrogen (secondary N) is 2. The van der Waals surface area contributed by atoms with Crippen LogP contribution in [-0.4, -0.2) is 93.2 Å². The molecule has 210 valence electrons. The van der Waals surface area contributed by atoms with Gasteiger partial charge >= 0.3 is 5.17 Å². The molecule has 0 amide bonds. The molecule has 2 fully saturated rings. The number of rotatable bonds is 5. The molecule has 1 aromatic heterocycles. The van der Waals surface area contributed by atoms with Crippen LogP contribution in [0.1, 0.15) is 77.5 Å². The lowest BCUT2D eigenvalue weighted by molar-refractivity contribution is -0.502. The van der Waals surface area contributed by atoms with Crippen LogP contribution in [0.15, 0.2) is 12.3 Å². The first-order valence-electron chi connectivity index (χ1n) is 14.8. The van der Waals surface area contributed by atoms with E-state index in [1.807, 2.05) is 25.0 Å². The Kier molecular flexibility index (Phi) is 9.90. The number of amidine groups is 1. The van der Waals surface area contributed by atoms with Crippen LogP contribution in [-0.2, 0) is 6.42 Å². The van der Waals surface area contributed by atoms with Crippen LogP contribution in [0.3, 0.4) is 0 Å². The molecule has 3 aliphatic rings. The van der Waals surface area contributed by atoms with Gasteiger partial charge in [0.15, 0.2) is 4.75 Å². The van der Waals surface area contributed by atoms with Gasteiger partial charge in [0, 0.05) is 54.8 Å². The zero-order chi connectivity index (χ0) is 27.3. The van der Waals surface area contributed by atoms with Crippen LogP contribution in [0.5, 0.6) is 0 Å². The maximum absolute atomic E-state index is 4.86. The average Bonchev–Trinajstić information content (AvgIpc) is 3.11. The fraction of sp³-hybridized carbons (Fsp3) is 0.733. The smallest absolute Gasteiger partial charge is 0.313 e. The highest BCUT2D eigenvalue weighted by Gasteiger charge is 2.38. The van der Waals surface area contributed by atoms with Crippen molar-refractivity contribution >= 4 is 28.6 Å². The fourth-order valence-corrected chi connectivity index (χ4v) is 7.28. The van der Waals surface area contributed by atoms with Crippen molar-refractivity contribution < 1.29 is 4.58 Å². The van der Waals surface area contributed by atoms with Gasteiger partial charge < -0.3 is 15.5 Å². The number of hydrogen-bond acceptors (Lipinski definition) is 7. The van der Waals surface area contributed by atoms with E-state index in [1.54, 1.807) is 0 Å². The van der Waals surface area contributed by atoms with Crippen LogP contribution in [0.2, 0.25) is 0 Å². The van der Waals surface area contributed by atoms with E-state index in [0.717, 1.165) is 49.1 Å². The Hall–Kier alpha value is -1.93. The first-order valence-corrected chi connectivity index (χ1v) is 15.6. The quantitative estimate of drug-likeness (QED) is 0.413. The van der Waals surface area contributed by atoms with Crippen molar-refractivity contribution in [3.63, 3.8) is 0 Å². The van der Waals surface area contributed by atoms with E-state index in [-0.39, 0.29) is 10.8 Å². The number of hydrogen-bond donors (Lipinski definition) is 2. The lowest BCUT2D eigenvalue weighted by Crippen LogP contribution is -2.42. The minimum absolute atomic E-state index is 0.264. The lowest BCUT2D eigenvalue weighted by atomic mass is 10.00. The lowest BCUT2D eigenvalue weighted by Gasteiger charge is -2.33. The molecule has 0 aliphatic carbocycles. The summed E-state index contributed by atoms with van der Waals surface area (Å²) in [7, 11) is 4.13. The van der Waals surface area contributed by atoms with Gasteiger partial charge in [-0.1, -0.05) is 20.3 Å². The van der Waals surface area contributed by atoms with Gasteiger partial charge in [0.25, 0.3) is 0 Å². The Labute approximate surface area is 235 Å². The molecule has 3 aliphatic heterocycles. The summed E-state index contributed by atoms with van der Waals surface area (Å²) in [6.45, 7) is 19.5. The summed E-state index contributed by atoms with van der Waals surface area (Å²) in [5, 5.41) is 8.29. The van der Waals surface area contributed by atoms with Crippen LogP contribution in [0.25, 0.3) is 5.70 Å². The normalized spacial score (nSPS) is 28.2. The van der Waals surface area contributed by atoms with Crippen LogP contribution >= 0.6 is 11.8 Å². The van der Waals surface area contributed by atoms with E-state index < -0.39 is 0 Å². The second-order valence-electron chi connectivity index (χ2n) is 12.3. The molecule has 2 saturated heterocycles. The Morgan fingerprint density at radius 1 is 1.18 bits per heavy atom. The van der Waals surface area contributed by atoms with Gasteiger partial charge in [0.2, 0.25) is 5.95 Å². The zero-order valence-electron chi connectivity index (χ0n) is 24.7. The monoisotopic (exact) mass is 541 g/mol. The summed E-state index contributed by atoms with van der Waals surface area (Å²) in [5.41, 5.74) is 3.26. The van der Waals surface area contributed by atoms with Crippen molar-refractivity contribution in [2.24, 2.45) is 5.92 Å². The van der Waals surface area contributed by atoms with Gasteiger partial charge in [0.1, 0.15) is 6.54 Å². The molecule has 3 atom stereocenters. The van der Waals surface area contributed by atoms with Gasteiger partial charge in [-0.3, -0.25) is 9.48 Å². The van der Waals surface area contributed by atoms with Crippen molar-refractivity contribution in [3.8, 4) is 0 Å².